The second-order valence-corrected chi connectivity index (χ2v) is 11.7. The van der Waals surface area contributed by atoms with E-state index in [2.05, 4.69) is 49.3 Å². The third kappa shape index (κ3) is 5.61. The number of nitrogens with zero attached hydrogens (tertiary/aromatic N) is 5. The van der Waals surface area contributed by atoms with Gasteiger partial charge in [0.15, 0.2) is 0 Å². The Balaban J connectivity index is 1.04. The highest BCUT2D eigenvalue weighted by atomic mass is 32.1. The summed E-state index contributed by atoms with van der Waals surface area (Å²) < 4.78 is 6.07. The fraction of sp³-hybridized carbons (Fsp3) is 0.571. The Morgan fingerprint density at radius 3 is 2.14 bits per heavy atom. The highest BCUT2D eigenvalue weighted by Crippen LogP contribution is 2.38. The standard InChI is InChI=1S/C28H35N5O2S/c34-17-19-3-5-22(6-4-19)26-31-32-27(36-26)23-9-7-21(8-10-23)24-15-29-28(30-16-24)33-13-11-25(12-14-33)35-18-20-1-2-20/h7-10,15-16,19-20,22,25,34H,1-6,11-14,17-18H2. The van der Waals surface area contributed by atoms with E-state index < -0.39 is 0 Å². The molecule has 2 aromatic heterocycles. The van der Waals surface area contributed by atoms with Gasteiger partial charge in [-0.05, 0) is 68.8 Å². The second kappa shape index (κ2) is 10.9. The Morgan fingerprint density at radius 2 is 1.47 bits per heavy atom. The number of aliphatic hydroxyl groups excluding tert-OH is 1. The van der Waals surface area contributed by atoms with Crippen LogP contribution in [-0.4, -0.2) is 57.7 Å². The van der Waals surface area contributed by atoms with Gasteiger partial charge in [0.25, 0.3) is 0 Å². The zero-order valence-electron chi connectivity index (χ0n) is 20.8. The number of anilines is 1. The molecular formula is C28H35N5O2S. The third-order valence-corrected chi connectivity index (χ3v) is 9.12. The molecule has 0 atom stereocenters. The highest BCUT2D eigenvalue weighted by molar-refractivity contribution is 7.14. The van der Waals surface area contributed by atoms with E-state index >= 15 is 0 Å². The molecule has 1 saturated heterocycles. The molecule has 3 aromatic rings. The van der Waals surface area contributed by atoms with Crippen LogP contribution in [0.5, 0.6) is 0 Å². The average molecular weight is 506 g/mol. The van der Waals surface area contributed by atoms with Crippen molar-refractivity contribution in [2.24, 2.45) is 11.8 Å². The Kier molecular flexibility index (Phi) is 7.26. The fourth-order valence-corrected chi connectivity index (χ4v) is 6.34. The van der Waals surface area contributed by atoms with Crippen molar-refractivity contribution in [3.8, 4) is 21.7 Å². The molecular weight excluding hydrogens is 470 g/mol. The van der Waals surface area contributed by atoms with Crippen molar-refractivity contribution in [2.45, 2.75) is 63.4 Å². The molecule has 0 spiro atoms. The van der Waals surface area contributed by atoms with Crippen LogP contribution >= 0.6 is 11.3 Å². The van der Waals surface area contributed by atoms with Crippen LogP contribution in [0.2, 0.25) is 0 Å². The molecule has 0 radical (unpaired) electrons. The van der Waals surface area contributed by atoms with Crippen LogP contribution in [0.3, 0.4) is 0 Å². The minimum atomic E-state index is 0.308. The van der Waals surface area contributed by atoms with Gasteiger partial charge in [-0.3, -0.25) is 0 Å². The highest BCUT2D eigenvalue weighted by Gasteiger charge is 2.27. The second-order valence-electron chi connectivity index (χ2n) is 10.7. The van der Waals surface area contributed by atoms with Gasteiger partial charge in [0.1, 0.15) is 10.0 Å². The molecule has 2 aliphatic carbocycles. The van der Waals surface area contributed by atoms with Gasteiger partial charge in [-0.15, -0.1) is 10.2 Å². The quantitative estimate of drug-likeness (QED) is 0.443. The molecule has 0 amide bonds. The summed E-state index contributed by atoms with van der Waals surface area (Å²) in [6.07, 6.45) is 13.4. The predicted molar refractivity (Wildman–Crippen MR) is 142 cm³/mol. The van der Waals surface area contributed by atoms with E-state index in [-0.39, 0.29) is 0 Å². The summed E-state index contributed by atoms with van der Waals surface area (Å²) in [7, 11) is 0. The SMILES string of the molecule is OCC1CCC(c2nnc(-c3ccc(-c4cnc(N5CCC(OCC6CC6)CC5)nc4)cc3)s2)CC1. The molecule has 1 aliphatic heterocycles. The first-order chi connectivity index (χ1) is 17.7. The summed E-state index contributed by atoms with van der Waals surface area (Å²) in [6.45, 7) is 3.16. The Labute approximate surface area is 217 Å². The van der Waals surface area contributed by atoms with Gasteiger partial charge >= 0.3 is 0 Å². The molecule has 6 rings (SSSR count). The van der Waals surface area contributed by atoms with E-state index in [1.165, 1.54) is 12.8 Å². The minimum absolute atomic E-state index is 0.308. The van der Waals surface area contributed by atoms with Gasteiger partial charge in [0.2, 0.25) is 5.95 Å². The molecule has 3 heterocycles. The molecule has 2 saturated carbocycles. The number of aromatic nitrogens is 4. The number of hydrogen-bond donors (Lipinski definition) is 1. The van der Waals surface area contributed by atoms with Gasteiger partial charge in [0.05, 0.1) is 6.10 Å². The van der Waals surface area contributed by atoms with Crippen molar-refractivity contribution < 1.29 is 9.84 Å². The summed E-state index contributed by atoms with van der Waals surface area (Å²) in [5, 5.41) is 20.5. The number of rotatable bonds is 8. The van der Waals surface area contributed by atoms with Gasteiger partial charge in [-0.1, -0.05) is 35.6 Å². The summed E-state index contributed by atoms with van der Waals surface area (Å²) in [5.41, 5.74) is 3.21. The van der Waals surface area contributed by atoms with E-state index in [9.17, 15) is 5.11 Å². The van der Waals surface area contributed by atoms with Crippen LogP contribution in [0.25, 0.3) is 21.7 Å². The van der Waals surface area contributed by atoms with Crippen molar-refractivity contribution in [1.82, 2.24) is 20.2 Å². The first-order valence-corrected chi connectivity index (χ1v) is 14.3. The summed E-state index contributed by atoms with van der Waals surface area (Å²) in [4.78, 5) is 11.6. The molecule has 0 bridgehead atoms. The average Bonchev–Trinajstić information content (AvgIpc) is 3.66. The molecule has 1 aromatic carbocycles. The van der Waals surface area contributed by atoms with Crippen molar-refractivity contribution in [2.75, 3.05) is 31.2 Å². The Morgan fingerprint density at radius 1 is 0.806 bits per heavy atom. The molecule has 0 unspecified atom stereocenters. The fourth-order valence-electron chi connectivity index (χ4n) is 5.33. The largest absolute Gasteiger partial charge is 0.396 e. The lowest BCUT2D eigenvalue weighted by molar-refractivity contribution is 0.0303. The first-order valence-electron chi connectivity index (χ1n) is 13.5. The molecule has 1 N–H and O–H groups in total. The molecule has 36 heavy (non-hydrogen) atoms. The maximum atomic E-state index is 9.38. The van der Waals surface area contributed by atoms with Gasteiger partial charge in [-0.25, -0.2) is 9.97 Å². The summed E-state index contributed by atoms with van der Waals surface area (Å²) in [6, 6.07) is 8.46. The lowest BCUT2D eigenvalue weighted by atomic mass is 9.83. The van der Waals surface area contributed by atoms with E-state index in [0.717, 1.165) is 96.8 Å². The van der Waals surface area contributed by atoms with Crippen LogP contribution in [0, 0.1) is 11.8 Å². The van der Waals surface area contributed by atoms with Crippen molar-refractivity contribution in [3.05, 3.63) is 41.7 Å². The minimum Gasteiger partial charge on any atom is -0.396 e. The third-order valence-electron chi connectivity index (χ3n) is 7.99. The molecule has 3 fully saturated rings. The topological polar surface area (TPSA) is 84.3 Å². The van der Waals surface area contributed by atoms with Crippen molar-refractivity contribution in [3.63, 3.8) is 0 Å². The molecule has 3 aliphatic rings. The number of piperidine rings is 1. The van der Waals surface area contributed by atoms with E-state index in [0.29, 0.717) is 24.5 Å². The normalized spacial score (nSPS) is 23.2. The molecule has 8 heteroatoms. The smallest absolute Gasteiger partial charge is 0.225 e. The summed E-state index contributed by atoms with van der Waals surface area (Å²) in [5.74, 6) is 2.58. The Bertz CT molecular complexity index is 1120. The zero-order chi connectivity index (χ0) is 24.3. The van der Waals surface area contributed by atoms with E-state index in [4.69, 9.17) is 4.74 Å². The van der Waals surface area contributed by atoms with Crippen molar-refractivity contribution >= 4 is 17.3 Å². The molecule has 190 valence electrons. The van der Waals surface area contributed by atoms with E-state index in [1.807, 2.05) is 12.4 Å². The lowest BCUT2D eigenvalue weighted by Crippen LogP contribution is -2.38. The monoisotopic (exact) mass is 505 g/mol. The van der Waals surface area contributed by atoms with Gasteiger partial charge < -0.3 is 14.7 Å². The number of benzene rings is 1. The van der Waals surface area contributed by atoms with Crippen LogP contribution < -0.4 is 4.90 Å². The number of aliphatic hydroxyl groups is 1. The number of hydrogen-bond acceptors (Lipinski definition) is 8. The maximum absolute atomic E-state index is 9.38. The zero-order valence-corrected chi connectivity index (χ0v) is 21.6. The van der Waals surface area contributed by atoms with Crippen LogP contribution in [0.15, 0.2) is 36.7 Å². The lowest BCUT2D eigenvalue weighted by Gasteiger charge is -2.32. The van der Waals surface area contributed by atoms with E-state index in [1.54, 1.807) is 11.3 Å². The van der Waals surface area contributed by atoms with Crippen LogP contribution in [0.1, 0.15) is 62.3 Å². The molecule has 7 nitrogen and oxygen atoms in total. The van der Waals surface area contributed by atoms with Crippen LogP contribution in [0.4, 0.5) is 5.95 Å². The van der Waals surface area contributed by atoms with Gasteiger partial charge in [0, 0.05) is 55.7 Å². The van der Waals surface area contributed by atoms with Gasteiger partial charge in [-0.2, -0.15) is 0 Å². The van der Waals surface area contributed by atoms with Crippen molar-refractivity contribution in [1.29, 1.82) is 0 Å². The Hall–Kier alpha value is -2.42. The predicted octanol–water partition coefficient (Wildman–Crippen LogP) is 5.32. The summed E-state index contributed by atoms with van der Waals surface area (Å²) >= 11 is 1.70. The van der Waals surface area contributed by atoms with Crippen LogP contribution in [-0.2, 0) is 4.74 Å². The first kappa shape index (κ1) is 23.9. The number of ether oxygens (including phenoxy) is 1. The maximum Gasteiger partial charge on any atom is 0.225 e.